The molecule has 10 atom stereocenters. The highest BCUT2D eigenvalue weighted by molar-refractivity contribution is 5.17. The molecule has 0 radical (unpaired) electrons. The predicted molar refractivity (Wildman–Crippen MR) is 214 cm³/mol. The van der Waals surface area contributed by atoms with E-state index >= 15 is 0 Å². The molecule has 58 heavy (non-hydrogen) atoms. The van der Waals surface area contributed by atoms with Crippen molar-refractivity contribution in [2.24, 2.45) is 0 Å². The molecule has 306 valence electrons. The monoisotopic (exact) mass is 792 g/mol. The highest BCUT2D eigenvalue weighted by atomic mass is 16.8. The Bertz CT molecular complexity index is 1870. The van der Waals surface area contributed by atoms with Crippen molar-refractivity contribution in [3.8, 4) is 0 Å². The van der Waals surface area contributed by atoms with Crippen molar-refractivity contribution >= 4 is 0 Å². The van der Waals surface area contributed by atoms with Gasteiger partial charge in [0.1, 0.15) is 48.8 Å². The van der Waals surface area contributed by atoms with E-state index in [1.807, 2.05) is 152 Å². The summed E-state index contributed by atoms with van der Waals surface area (Å²) in [7, 11) is 0. The van der Waals surface area contributed by atoms with E-state index in [-0.39, 0.29) is 33.0 Å². The summed E-state index contributed by atoms with van der Waals surface area (Å²) in [6.07, 6.45) is -10.9. The first-order chi connectivity index (χ1) is 28.6. The summed E-state index contributed by atoms with van der Waals surface area (Å²) < 4.78 is 52.2. The molecule has 0 amide bonds. The van der Waals surface area contributed by atoms with Crippen LogP contribution in [0.3, 0.4) is 0 Å². The fraction of sp³-hybridized carbons (Fsp3) is 0.362. The second-order valence-electron chi connectivity index (χ2n) is 14.4. The van der Waals surface area contributed by atoms with Crippen LogP contribution >= 0.6 is 0 Å². The summed E-state index contributed by atoms with van der Waals surface area (Å²) in [4.78, 5) is 0. The molecule has 0 saturated carbocycles. The molecule has 11 heteroatoms. The van der Waals surface area contributed by atoms with E-state index in [0.717, 1.165) is 27.8 Å². The number of ether oxygens (including phenoxy) is 8. The molecule has 2 fully saturated rings. The van der Waals surface area contributed by atoms with Gasteiger partial charge in [-0.25, -0.2) is 0 Å². The second kappa shape index (κ2) is 21.6. The van der Waals surface area contributed by atoms with Gasteiger partial charge in [0.25, 0.3) is 0 Å². The Morgan fingerprint density at radius 1 is 0.414 bits per heavy atom. The van der Waals surface area contributed by atoms with Gasteiger partial charge < -0.3 is 53.2 Å². The summed E-state index contributed by atoms with van der Waals surface area (Å²) in [5.41, 5.74) is 4.64. The minimum absolute atomic E-state index is 0.0949. The molecule has 7 rings (SSSR count). The van der Waals surface area contributed by atoms with Crippen molar-refractivity contribution in [2.75, 3.05) is 13.2 Å². The average molecular weight is 793 g/mol. The molecule has 0 aromatic heterocycles. The maximum atomic E-state index is 11.5. The molecule has 5 aromatic carbocycles. The van der Waals surface area contributed by atoms with Gasteiger partial charge in [-0.3, -0.25) is 0 Å². The van der Waals surface area contributed by atoms with Crippen LogP contribution < -0.4 is 0 Å². The normalized spacial score (nSPS) is 27.3. The summed E-state index contributed by atoms with van der Waals surface area (Å²) in [6, 6.07) is 48.7. The van der Waals surface area contributed by atoms with Gasteiger partial charge in [0.05, 0.1) is 46.2 Å². The fourth-order valence-electron chi connectivity index (χ4n) is 7.17. The van der Waals surface area contributed by atoms with Crippen LogP contribution in [0.25, 0.3) is 0 Å². The minimum Gasteiger partial charge on any atom is -0.394 e. The molecule has 0 bridgehead atoms. The maximum absolute atomic E-state index is 11.5. The quantitative estimate of drug-likeness (QED) is 0.0948. The summed E-state index contributed by atoms with van der Waals surface area (Å²) >= 11 is 0. The number of aliphatic hydroxyl groups is 3. The average Bonchev–Trinajstić information content (AvgIpc) is 3.27. The van der Waals surface area contributed by atoms with E-state index in [1.54, 1.807) is 0 Å². The molecule has 0 aliphatic carbocycles. The number of aliphatic hydroxyl groups excluding tert-OH is 3. The minimum atomic E-state index is -1.61. The van der Waals surface area contributed by atoms with E-state index in [4.69, 9.17) is 37.9 Å². The van der Waals surface area contributed by atoms with Crippen LogP contribution in [-0.4, -0.2) is 89.9 Å². The van der Waals surface area contributed by atoms with Crippen molar-refractivity contribution in [3.05, 3.63) is 179 Å². The third kappa shape index (κ3) is 11.4. The topological polar surface area (TPSA) is 135 Å². The predicted octanol–water partition coefficient (Wildman–Crippen LogP) is 5.73. The Balaban J connectivity index is 1.23. The summed E-state index contributed by atoms with van der Waals surface area (Å²) in [6.45, 7) is 0.620. The SMILES string of the molecule is OC[C@H]1O[C@H](O)[C@H](O[C@H]2O[C@H](COCc3ccccc3)[C@@H](OCc3ccccc3)[C@H](OCc3ccccc3)[C@H]2OCc2ccccc2)[C@@H](OCc2ccccc2)[C@@H]1O. The Labute approximate surface area is 339 Å². The number of hydrogen-bond acceptors (Lipinski definition) is 11. The summed E-state index contributed by atoms with van der Waals surface area (Å²) in [5.74, 6) is 0. The van der Waals surface area contributed by atoms with Gasteiger partial charge in [0.15, 0.2) is 12.6 Å². The number of rotatable bonds is 19. The Hall–Kier alpha value is -4.34. The third-order valence-corrected chi connectivity index (χ3v) is 10.2. The molecule has 2 heterocycles. The Morgan fingerprint density at radius 3 is 1.26 bits per heavy atom. The highest BCUT2D eigenvalue weighted by Gasteiger charge is 2.53. The number of hydrogen-bond donors (Lipinski definition) is 3. The Kier molecular flexibility index (Phi) is 15.6. The molecular formula is C47H52O11. The summed E-state index contributed by atoms with van der Waals surface area (Å²) in [5, 5.41) is 33.0. The van der Waals surface area contributed by atoms with Crippen molar-refractivity contribution in [1.82, 2.24) is 0 Å². The van der Waals surface area contributed by atoms with Crippen LogP contribution in [0.2, 0.25) is 0 Å². The van der Waals surface area contributed by atoms with Crippen molar-refractivity contribution in [3.63, 3.8) is 0 Å². The van der Waals surface area contributed by atoms with E-state index < -0.39 is 68.0 Å². The highest BCUT2D eigenvalue weighted by Crippen LogP contribution is 2.35. The second-order valence-corrected chi connectivity index (χ2v) is 14.4. The first-order valence-electron chi connectivity index (χ1n) is 19.7. The molecule has 2 aliphatic rings. The molecular weight excluding hydrogens is 741 g/mol. The lowest BCUT2D eigenvalue weighted by molar-refractivity contribution is -0.376. The van der Waals surface area contributed by atoms with Gasteiger partial charge in [-0.15, -0.1) is 0 Å². The van der Waals surface area contributed by atoms with Gasteiger partial charge >= 0.3 is 0 Å². The molecule has 2 saturated heterocycles. The van der Waals surface area contributed by atoms with Gasteiger partial charge in [0, 0.05) is 0 Å². The zero-order valence-electron chi connectivity index (χ0n) is 32.3. The first kappa shape index (κ1) is 41.8. The van der Waals surface area contributed by atoms with Crippen LogP contribution in [-0.2, 0) is 70.9 Å². The third-order valence-electron chi connectivity index (χ3n) is 10.2. The van der Waals surface area contributed by atoms with Crippen molar-refractivity contribution < 1.29 is 53.2 Å². The van der Waals surface area contributed by atoms with Crippen LogP contribution in [0, 0.1) is 0 Å². The zero-order valence-corrected chi connectivity index (χ0v) is 32.3. The smallest absolute Gasteiger partial charge is 0.187 e. The van der Waals surface area contributed by atoms with E-state index in [0.29, 0.717) is 6.61 Å². The van der Waals surface area contributed by atoms with Gasteiger partial charge in [-0.1, -0.05) is 152 Å². The van der Waals surface area contributed by atoms with Crippen LogP contribution in [0.15, 0.2) is 152 Å². The molecule has 3 N–H and O–H groups in total. The lowest BCUT2D eigenvalue weighted by Gasteiger charge is -2.49. The Morgan fingerprint density at radius 2 is 0.810 bits per heavy atom. The van der Waals surface area contributed by atoms with E-state index in [1.165, 1.54) is 0 Å². The first-order valence-corrected chi connectivity index (χ1v) is 19.7. The molecule has 11 nitrogen and oxygen atoms in total. The van der Waals surface area contributed by atoms with E-state index in [9.17, 15) is 15.3 Å². The van der Waals surface area contributed by atoms with E-state index in [2.05, 4.69) is 0 Å². The van der Waals surface area contributed by atoms with Crippen LogP contribution in [0.1, 0.15) is 27.8 Å². The van der Waals surface area contributed by atoms with Gasteiger partial charge in [-0.2, -0.15) is 0 Å². The largest absolute Gasteiger partial charge is 0.394 e. The number of benzene rings is 5. The van der Waals surface area contributed by atoms with Gasteiger partial charge in [0.2, 0.25) is 0 Å². The van der Waals surface area contributed by atoms with Crippen molar-refractivity contribution in [1.29, 1.82) is 0 Å². The standard InChI is InChI=1S/C47H52O11/c48-26-38-40(49)42(53-29-35-20-10-3-11-21-35)44(46(50)56-38)58-47-45(55-31-37-24-14-5-15-25-37)43(54-30-36-22-12-4-13-23-36)41(52-28-34-18-8-2-9-19-34)39(57-47)32-51-27-33-16-6-1-7-17-33/h1-25,38-50H,26-32H2/t38-,39-,40-,41-,42+,43+,44-,45-,46+,47-/m1/s1. The molecule has 0 unspecified atom stereocenters. The lowest BCUT2D eigenvalue weighted by Crippen LogP contribution is -2.65. The van der Waals surface area contributed by atoms with Gasteiger partial charge in [-0.05, 0) is 27.8 Å². The van der Waals surface area contributed by atoms with Crippen LogP contribution in [0.4, 0.5) is 0 Å². The van der Waals surface area contributed by atoms with Crippen LogP contribution in [0.5, 0.6) is 0 Å². The molecule has 5 aromatic rings. The fourth-order valence-corrected chi connectivity index (χ4v) is 7.17. The zero-order chi connectivity index (χ0) is 39.9. The molecule has 0 spiro atoms. The maximum Gasteiger partial charge on any atom is 0.187 e. The lowest BCUT2D eigenvalue weighted by atomic mass is 9.96. The van der Waals surface area contributed by atoms with Crippen molar-refractivity contribution in [2.45, 2.75) is 94.4 Å². The molecule has 2 aliphatic heterocycles.